The van der Waals surface area contributed by atoms with Crippen LogP contribution in [0.4, 0.5) is 13.2 Å². The summed E-state index contributed by atoms with van der Waals surface area (Å²) in [6.45, 7) is -0.701. The number of nitrogens with zero attached hydrogens (tertiary/aromatic N) is 7. The fourth-order valence-electron chi connectivity index (χ4n) is 4.17. The molecule has 3 aromatic heterocycles. The minimum absolute atomic E-state index is 0.103. The van der Waals surface area contributed by atoms with Crippen molar-refractivity contribution in [2.45, 2.75) is 24.1 Å². The minimum Gasteiger partial charge on any atom is -0.344 e. The van der Waals surface area contributed by atoms with Crippen molar-refractivity contribution in [2.24, 2.45) is 4.99 Å². The van der Waals surface area contributed by atoms with E-state index in [1.807, 2.05) is 10.6 Å². The molecule has 1 fully saturated rings. The van der Waals surface area contributed by atoms with Gasteiger partial charge in [-0.15, -0.1) is 0 Å². The summed E-state index contributed by atoms with van der Waals surface area (Å²) in [5.74, 6) is 0.179. The summed E-state index contributed by atoms with van der Waals surface area (Å²) in [7, 11) is 1.63. The first-order valence-electron chi connectivity index (χ1n) is 9.90. The summed E-state index contributed by atoms with van der Waals surface area (Å²) < 4.78 is 41.8. The Hall–Kier alpha value is -3.52. The van der Waals surface area contributed by atoms with Gasteiger partial charge in [0.15, 0.2) is 0 Å². The van der Waals surface area contributed by atoms with Crippen LogP contribution in [0.1, 0.15) is 18.0 Å². The van der Waals surface area contributed by atoms with Crippen LogP contribution in [0.15, 0.2) is 41.9 Å². The van der Waals surface area contributed by atoms with Gasteiger partial charge < -0.3 is 9.98 Å². The maximum absolute atomic E-state index is 12.7. The van der Waals surface area contributed by atoms with E-state index >= 15 is 0 Å². The fourth-order valence-corrected chi connectivity index (χ4v) is 4.17. The Bertz CT molecular complexity index is 1190. The van der Waals surface area contributed by atoms with Gasteiger partial charge in [0.2, 0.25) is 0 Å². The van der Waals surface area contributed by atoms with Crippen LogP contribution < -0.4 is 0 Å². The Morgan fingerprint density at radius 3 is 2.81 bits per heavy atom. The van der Waals surface area contributed by atoms with Gasteiger partial charge in [-0.3, -0.25) is 14.3 Å². The number of nitrogens with one attached hydrogen (secondary N) is 1. The van der Waals surface area contributed by atoms with Gasteiger partial charge in [0.05, 0.1) is 36.2 Å². The van der Waals surface area contributed by atoms with E-state index < -0.39 is 24.2 Å². The van der Waals surface area contributed by atoms with Gasteiger partial charge in [-0.2, -0.15) is 18.4 Å². The molecular weight excluding hydrogens is 421 g/mol. The van der Waals surface area contributed by atoms with Gasteiger partial charge in [-0.1, -0.05) is 0 Å². The van der Waals surface area contributed by atoms with Crippen molar-refractivity contribution in [3.8, 4) is 17.5 Å². The Balaban J connectivity index is 1.70. The molecule has 0 aromatic carbocycles. The number of imidazole rings is 1. The third-order valence-electron chi connectivity index (χ3n) is 5.59. The van der Waals surface area contributed by atoms with E-state index in [-0.39, 0.29) is 19.5 Å². The molecule has 0 amide bonds. The Labute approximate surface area is 182 Å². The third-order valence-corrected chi connectivity index (χ3v) is 5.59. The average Bonchev–Trinajstić information content (AvgIpc) is 3.38. The Kier molecular flexibility index (Phi) is 5.56. The lowest BCUT2D eigenvalue weighted by Gasteiger charge is -2.50. The number of halogens is 3. The second-order valence-electron chi connectivity index (χ2n) is 7.89. The Morgan fingerprint density at radius 2 is 2.16 bits per heavy atom. The van der Waals surface area contributed by atoms with Crippen LogP contribution in [0, 0.1) is 16.7 Å². The van der Waals surface area contributed by atoms with Crippen molar-refractivity contribution >= 4 is 18.1 Å². The van der Waals surface area contributed by atoms with Gasteiger partial charge in [0.25, 0.3) is 0 Å². The van der Waals surface area contributed by atoms with Crippen LogP contribution in [0.2, 0.25) is 0 Å². The first-order valence-corrected chi connectivity index (χ1v) is 9.90. The summed E-state index contributed by atoms with van der Waals surface area (Å²) in [6, 6.07) is 5.72. The number of hydrogen-bond donors (Lipinski definition) is 1. The summed E-state index contributed by atoms with van der Waals surface area (Å²) in [6.07, 6.45) is 5.69. The maximum atomic E-state index is 12.7. The number of nitriles is 1. The molecule has 4 rings (SSSR count). The number of rotatable bonds is 7. The zero-order chi connectivity index (χ0) is 22.9. The molecule has 0 bridgehead atoms. The predicted molar refractivity (Wildman–Crippen MR) is 113 cm³/mol. The van der Waals surface area contributed by atoms with Gasteiger partial charge in [0.1, 0.15) is 11.5 Å². The largest absolute Gasteiger partial charge is 0.401 e. The molecule has 1 saturated heterocycles. The molecule has 0 aliphatic carbocycles. The number of hydrogen-bond acceptors (Lipinski definition) is 6. The number of aliphatic imine (C=N–C) groups is 1. The quantitative estimate of drug-likeness (QED) is 0.569. The molecule has 0 spiro atoms. The minimum atomic E-state index is -4.27. The van der Waals surface area contributed by atoms with Crippen molar-refractivity contribution < 1.29 is 13.2 Å². The number of alkyl halides is 3. The molecule has 4 heterocycles. The summed E-state index contributed by atoms with van der Waals surface area (Å²) in [5, 5.41) is 17.0. The van der Waals surface area contributed by atoms with E-state index in [4.69, 9.17) is 10.4 Å². The molecule has 1 atom stereocenters. The second kappa shape index (κ2) is 8.20. The number of likely N-dealkylation sites (tertiary alicyclic amines) is 1. The lowest BCUT2D eigenvalue weighted by atomic mass is 9.86. The highest BCUT2D eigenvalue weighted by Crippen LogP contribution is 2.36. The van der Waals surface area contributed by atoms with E-state index in [9.17, 15) is 18.4 Å². The molecule has 166 valence electrons. The van der Waals surface area contributed by atoms with Crippen LogP contribution in [0.3, 0.4) is 0 Å². The number of fused-ring (bicyclic) bond motifs is 1. The van der Waals surface area contributed by atoms with Crippen LogP contribution in [-0.2, 0) is 5.54 Å². The standard InChI is InChI=1S/C21H21F3N8/c1-27-10-16(9-26)17-8-18-28-5-7-32(18)19(29-17)15-2-6-31(11-15)20(3-4-25)12-30(13-20)14-21(22,23)24/h2,5-11,16,26H,3,12-14H2,1H3. The van der Waals surface area contributed by atoms with Gasteiger partial charge in [-0.05, 0) is 6.07 Å². The highest BCUT2D eigenvalue weighted by molar-refractivity contribution is 5.88. The van der Waals surface area contributed by atoms with Crippen molar-refractivity contribution in [3.05, 3.63) is 42.6 Å². The molecule has 8 nitrogen and oxygen atoms in total. The molecule has 0 radical (unpaired) electrons. The van der Waals surface area contributed by atoms with E-state index in [0.717, 1.165) is 5.56 Å². The van der Waals surface area contributed by atoms with Crippen molar-refractivity contribution in [2.75, 3.05) is 26.7 Å². The normalized spacial score (nSPS) is 17.3. The lowest BCUT2D eigenvalue weighted by molar-refractivity contribution is -0.166. The van der Waals surface area contributed by atoms with Gasteiger partial charge in [0, 0.05) is 69.0 Å². The van der Waals surface area contributed by atoms with Crippen molar-refractivity contribution in [3.63, 3.8) is 0 Å². The molecule has 1 unspecified atom stereocenters. The summed E-state index contributed by atoms with van der Waals surface area (Å²) in [4.78, 5) is 14.4. The van der Waals surface area contributed by atoms with E-state index in [0.29, 0.717) is 17.2 Å². The zero-order valence-electron chi connectivity index (χ0n) is 17.3. The van der Waals surface area contributed by atoms with Crippen LogP contribution in [-0.4, -0.2) is 69.1 Å². The number of aromatic nitrogens is 4. The molecule has 1 N–H and O–H groups in total. The van der Waals surface area contributed by atoms with E-state index in [1.54, 1.807) is 48.5 Å². The smallest absolute Gasteiger partial charge is 0.344 e. The molecule has 0 saturated carbocycles. The molecule has 32 heavy (non-hydrogen) atoms. The average molecular weight is 442 g/mol. The molecule has 3 aromatic rings. The van der Waals surface area contributed by atoms with E-state index in [1.165, 1.54) is 11.1 Å². The predicted octanol–water partition coefficient (Wildman–Crippen LogP) is 3.12. The second-order valence-corrected chi connectivity index (χ2v) is 7.89. The zero-order valence-corrected chi connectivity index (χ0v) is 17.3. The fraction of sp³-hybridized carbons (Fsp3) is 0.381. The first kappa shape index (κ1) is 21.7. The van der Waals surface area contributed by atoms with Crippen molar-refractivity contribution in [1.29, 1.82) is 10.7 Å². The van der Waals surface area contributed by atoms with Crippen LogP contribution in [0.5, 0.6) is 0 Å². The Morgan fingerprint density at radius 1 is 1.38 bits per heavy atom. The molecular formula is C21H21F3N8. The lowest BCUT2D eigenvalue weighted by Crippen LogP contribution is -2.63. The highest BCUT2D eigenvalue weighted by Gasteiger charge is 2.47. The third kappa shape index (κ3) is 4.01. The molecule has 11 heteroatoms. The summed E-state index contributed by atoms with van der Waals surface area (Å²) in [5.41, 5.74) is 1.29. The van der Waals surface area contributed by atoms with E-state index in [2.05, 4.69) is 16.0 Å². The van der Waals surface area contributed by atoms with Crippen molar-refractivity contribution in [1.82, 2.24) is 23.8 Å². The van der Waals surface area contributed by atoms with Crippen LogP contribution >= 0.6 is 0 Å². The molecule has 1 aliphatic heterocycles. The molecule has 1 aliphatic rings. The van der Waals surface area contributed by atoms with Gasteiger partial charge >= 0.3 is 6.18 Å². The topological polar surface area (TPSA) is 98.4 Å². The highest BCUT2D eigenvalue weighted by atomic mass is 19.4. The first-order chi connectivity index (χ1) is 15.3. The maximum Gasteiger partial charge on any atom is 0.401 e. The SMILES string of the molecule is CN=CC(C=N)c1cc2nccn2c(-c2ccn(C3(CC#N)CN(CC(F)(F)F)C3)c2)n1. The van der Waals surface area contributed by atoms with Crippen LogP contribution in [0.25, 0.3) is 17.0 Å². The van der Waals surface area contributed by atoms with Gasteiger partial charge in [-0.25, -0.2) is 9.97 Å². The summed E-state index contributed by atoms with van der Waals surface area (Å²) >= 11 is 0. The monoisotopic (exact) mass is 442 g/mol.